The van der Waals surface area contributed by atoms with Gasteiger partial charge >= 0.3 is 5.97 Å². The van der Waals surface area contributed by atoms with Crippen molar-refractivity contribution in [3.8, 4) is 5.75 Å². The minimum Gasteiger partial charge on any atom is -0.487 e. The zero-order chi connectivity index (χ0) is 30.1. The first kappa shape index (κ1) is 30.8. The van der Waals surface area contributed by atoms with Gasteiger partial charge in [-0.05, 0) is 49.8 Å². The average Bonchev–Trinajstić information content (AvgIpc) is 3.54. The summed E-state index contributed by atoms with van der Waals surface area (Å²) in [6.45, 7) is 2.37. The predicted octanol–water partition coefficient (Wildman–Crippen LogP) is 3.29. The SMILES string of the molecule is CC[C@]1(C(=O)O)CCC[C@H]1C(=O)N1CCc2c(Cl)ccc(OC/C(N)=C(\C(F)F)N(C)N)c2[C@H]1CN1CCCC1=O. The molecule has 2 heterocycles. The topological polar surface area (TPSA) is 142 Å². The number of nitrogens with two attached hydrogens (primary N) is 2. The number of carboxylic acids is 1. The van der Waals surface area contributed by atoms with Crippen LogP contribution >= 0.6 is 11.6 Å². The van der Waals surface area contributed by atoms with Crippen LogP contribution in [0.15, 0.2) is 23.5 Å². The number of likely N-dealkylation sites (tertiary alicyclic amines) is 1. The monoisotopic (exact) mass is 597 g/mol. The Balaban J connectivity index is 1.76. The van der Waals surface area contributed by atoms with Crippen molar-refractivity contribution in [3.05, 3.63) is 39.7 Å². The molecule has 0 unspecified atom stereocenters. The van der Waals surface area contributed by atoms with Gasteiger partial charge in [0, 0.05) is 43.7 Å². The summed E-state index contributed by atoms with van der Waals surface area (Å²) in [5, 5.41) is 11.3. The lowest BCUT2D eigenvalue weighted by Gasteiger charge is -2.43. The van der Waals surface area contributed by atoms with Gasteiger partial charge in [0.05, 0.1) is 23.1 Å². The van der Waals surface area contributed by atoms with Crippen LogP contribution in [0.5, 0.6) is 5.75 Å². The summed E-state index contributed by atoms with van der Waals surface area (Å²) >= 11 is 6.61. The fourth-order valence-electron chi connectivity index (χ4n) is 6.68. The fraction of sp³-hybridized carbons (Fsp3) is 0.607. The molecule has 1 aromatic rings. The molecule has 1 saturated heterocycles. The highest BCUT2D eigenvalue weighted by molar-refractivity contribution is 6.31. The van der Waals surface area contributed by atoms with Crippen molar-refractivity contribution >= 4 is 29.4 Å². The van der Waals surface area contributed by atoms with Crippen LogP contribution in [0.1, 0.15) is 62.6 Å². The Hall–Kier alpha value is -3.12. The second-order valence-electron chi connectivity index (χ2n) is 11.0. The minimum absolute atomic E-state index is 0.0388. The highest BCUT2D eigenvalue weighted by Gasteiger charge is 2.53. The number of hydrogen-bond acceptors (Lipinski definition) is 7. The Morgan fingerprint density at radius 1 is 1.27 bits per heavy atom. The lowest BCUT2D eigenvalue weighted by molar-refractivity contribution is -0.159. The third kappa shape index (κ3) is 5.81. The van der Waals surface area contributed by atoms with Crippen molar-refractivity contribution in [1.29, 1.82) is 0 Å². The van der Waals surface area contributed by atoms with Crippen LogP contribution in [0.4, 0.5) is 8.78 Å². The van der Waals surface area contributed by atoms with E-state index in [1.54, 1.807) is 28.9 Å². The van der Waals surface area contributed by atoms with Crippen LogP contribution in [0, 0.1) is 11.3 Å². The molecule has 5 N–H and O–H groups in total. The van der Waals surface area contributed by atoms with Crippen LogP contribution in [-0.4, -0.2) is 77.4 Å². The van der Waals surface area contributed by atoms with E-state index in [0.717, 1.165) is 10.6 Å². The molecule has 1 saturated carbocycles. The van der Waals surface area contributed by atoms with E-state index in [1.165, 1.54) is 7.05 Å². The van der Waals surface area contributed by atoms with E-state index in [2.05, 4.69) is 0 Å². The number of hydrazine groups is 1. The van der Waals surface area contributed by atoms with Gasteiger partial charge in [-0.15, -0.1) is 0 Å². The van der Waals surface area contributed by atoms with E-state index >= 15 is 0 Å². The molecule has 3 aliphatic rings. The Kier molecular flexibility index (Phi) is 9.32. The Bertz CT molecular complexity index is 1220. The molecule has 1 aliphatic carbocycles. The lowest BCUT2D eigenvalue weighted by Crippen LogP contribution is -2.51. The molecule has 2 aliphatic heterocycles. The first-order chi connectivity index (χ1) is 19.4. The van der Waals surface area contributed by atoms with E-state index in [1.807, 2.05) is 0 Å². The molecule has 4 rings (SSSR count). The van der Waals surface area contributed by atoms with Crippen LogP contribution in [0.3, 0.4) is 0 Å². The van der Waals surface area contributed by atoms with Gasteiger partial charge in [0.2, 0.25) is 11.8 Å². The second-order valence-corrected chi connectivity index (χ2v) is 11.5. The molecule has 2 amide bonds. The molecule has 0 bridgehead atoms. The maximum atomic E-state index is 14.2. The molecule has 0 radical (unpaired) electrons. The molecule has 13 heteroatoms. The zero-order valence-corrected chi connectivity index (χ0v) is 24.1. The fourth-order valence-corrected chi connectivity index (χ4v) is 6.94. The summed E-state index contributed by atoms with van der Waals surface area (Å²) in [6.07, 6.45) is 0.377. The van der Waals surface area contributed by atoms with Crippen LogP contribution in [-0.2, 0) is 20.8 Å². The second kappa shape index (κ2) is 12.4. The van der Waals surface area contributed by atoms with Crippen LogP contribution < -0.4 is 16.3 Å². The number of amides is 2. The van der Waals surface area contributed by atoms with E-state index < -0.39 is 42.1 Å². The number of alkyl halides is 2. The van der Waals surface area contributed by atoms with Crippen molar-refractivity contribution in [1.82, 2.24) is 14.8 Å². The summed E-state index contributed by atoms with van der Waals surface area (Å²) in [5.74, 6) is 3.84. The number of hydrogen-bond donors (Lipinski definition) is 3. The third-order valence-corrected chi connectivity index (χ3v) is 9.21. The summed E-state index contributed by atoms with van der Waals surface area (Å²) < 4.78 is 33.1. The highest BCUT2D eigenvalue weighted by atomic mass is 35.5. The Labute approximate surface area is 243 Å². The summed E-state index contributed by atoms with van der Waals surface area (Å²) in [7, 11) is 1.25. The largest absolute Gasteiger partial charge is 0.487 e. The molecule has 3 atom stereocenters. The van der Waals surface area contributed by atoms with Crippen molar-refractivity contribution in [3.63, 3.8) is 0 Å². The summed E-state index contributed by atoms with van der Waals surface area (Å²) in [5.41, 5.74) is 5.25. The first-order valence-corrected chi connectivity index (χ1v) is 14.3. The number of nitrogens with zero attached hydrogens (tertiary/aromatic N) is 3. The molecule has 1 aromatic carbocycles. The number of rotatable bonds is 10. The van der Waals surface area contributed by atoms with Crippen molar-refractivity contribution in [2.45, 2.75) is 64.3 Å². The van der Waals surface area contributed by atoms with Gasteiger partial charge in [-0.2, -0.15) is 0 Å². The Morgan fingerprint density at radius 2 is 2.00 bits per heavy atom. The zero-order valence-electron chi connectivity index (χ0n) is 23.4. The number of ether oxygens (including phenoxy) is 1. The number of benzene rings is 1. The van der Waals surface area contributed by atoms with Gasteiger partial charge in [-0.25, -0.2) is 14.6 Å². The maximum Gasteiger partial charge on any atom is 0.310 e. The molecule has 226 valence electrons. The van der Waals surface area contributed by atoms with Gasteiger partial charge in [-0.3, -0.25) is 14.4 Å². The number of aliphatic carboxylic acids is 1. The quantitative estimate of drug-likeness (QED) is 0.275. The lowest BCUT2D eigenvalue weighted by atomic mass is 9.74. The molecule has 2 fully saturated rings. The van der Waals surface area contributed by atoms with Gasteiger partial charge in [0.15, 0.2) is 0 Å². The average molecular weight is 598 g/mol. The van der Waals surface area contributed by atoms with Gasteiger partial charge in [0.1, 0.15) is 18.1 Å². The molecule has 0 spiro atoms. The van der Waals surface area contributed by atoms with E-state index in [9.17, 15) is 28.3 Å². The number of carbonyl (C=O) groups is 3. The smallest absolute Gasteiger partial charge is 0.310 e. The summed E-state index contributed by atoms with van der Waals surface area (Å²) in [6, 6.07) is 2.55. The standard InChI is InChI=1S/C28H38ClF2N5O5/c1-3-28(27(39)40)11-4-6-17(28)26(38)36-13-10-16-18(29)8-9-21(41-15-19(32)24(25(30)31)34(2)33)23(16)20(36)14-35-12-5-7-22(35)37/h8-9,17,20,25H,3-7,10-15,32-33H2,1-2H3,(H,39,40)/b24-19-/t17-,20+,28-/m0/s1. The van der Waals surface area contributed by atoms with E-state index in [4.69, 9.17) is 27.9 Å². The molecule has 41 heavy (non-hydrogen) atoms. The number of allylic oxidation sites excluding steroid dienone is 1. The predicted molar refractivity (Wildman–Crippen MR) is 148 cm³/mol. The summed E-state index contributed by atoms with van der Waals surface area (Å²) in [4.78, 5) is 42.7. The van der Waals surface area contributed by atoms with Gasteiger partial charge < -0.3 is 30.4 Å². The molecular weight excluding hydrogens is 560 g/mol. The first-order valence-electron chi connectivity index (χ1n) is 13.9. The number of carboxylic acid groups (broad SMARTS) is 1. The van der Waals surface area contributed by atoms with Crippen molar-refractivity contribution in [2.75, 3.05) is 33.3 Å². The van der Waals surface area contributed by atoms with Crippen LogP contribution in [0.2, 0.25) is 5.02 Å². The number of carbonyl (C=O) groups excluding carboxylic acids is 2. The third-order valence-electron chi connectivity index (χ3n) is 8.86. The number of fused-ring (bicyclic) bond motifs is 1. The maximum absolute atomic E-state index is 14.2. The minimum atomic E-state index is -2.92. The Morgan fingerprint density at radius 3 is 2.59 bits per heavy atom. The normalized spacial score (nSPS) is 24.9. The van der Waals surface area contributed by atoms with Crippen molar-refractivity contribution < 1.29 is 33.0 Å². The van der Waals surface area contributed by atoms with E-state index in [0.29, 0.717) is 67.8 Å². The highest BCUT2D eigenvalue weighted by Crippen LogP contribution is 2.49. The van der Waals surface area contributed by atoms with Crippen LogP contribution in [0.25, 0.3) is 0 Å². The van der Waals surface area contributed by atoms with E-state index in [-0.39, 0.29) is 30.6 Å². The van der Waals surface area contributed by atoms with Gasteiger partial charge in [-0.1, -0.05) is 24.9 Å². The van der Waals surface area contributed by atoms with Gasteiger partial charge in [0.25, 0.3) is 6.43 Å². The molecular formula is C28H38ClF2N5O5. The van der Waals surface area contributed by atoms with Crippen molar-refractivity contribution in [2.24, 2.45) is 22.9 Å². The number of halogens is 3. The molecule has 10 nitrogen and oxygen atoms in total. The molecule has 0 aromatic heterocycles.